The molecule has 2 N–H and O–H groups in total. The molecule has 726 valence electrons. The number of carbonyl (C=O) groups excluding carboxylic acids is 4. The Bertz CT molecular complexity index is 1850. The molecular formula is C108H212N2O12. The SMILES string of the molecule is CCCCCCCCC(CCCCCC)COC(=O)CCCCCCCN(CCCCCCCC(=O)OCC(CCCCCC)CCCCCCCC)CCCCOCC(O)C(O)COCCCCN(CCCCCCCC(=O)OCC(CCCCCC)CCCCCCCC)CCCCCCCC(=O)OCC(CCCCCC)CCCCCCCC. The highest BCUT2D eigenvalue weighted by Gasteiger charge is 2.21. The molecule has 0 spiro atoms. The first kappa shape index (κ1) is 120. The second kappa shape index (κ2) is 97.7. The summed E-state index contributed by atoms with van der Waals surface area (Å²) in [6.07, 6.45) is 86.2. The molecule has 14 heteroatoms. The zero-order valence-corrected chi connectivity index (χ0v) is 83.0. The molecule has 0 aromatic heterocycles. The third-order valence-corrected chi connectivity index (χ3v) is 26.1. The van der Waals surface area contributed by atoms with Crippen molar-refractivity contribution in [2.75, 3.05) is 92.1 Å². The molecular weight excluding hydrogens is 1520 g/mol. The van der Waals surface area contributed by atoms with Crippen LogP contribution in [0.1, 0.15) is 543 Å². The summed E-state index contributed by atoms with van der Waals surface area (Å²) in [7, 11) is 0. The molecule has 0 amide bonds. The number of esters is 4. The van der Waals surface area contributed by atoms with Crippen molar-refractivity contribution in [1.29, 1.82) is 0 Å². The minimum atomic E-state index is -1.01. The molecule has 0 saturated heterocycles. The molecule has 14 nitrogen and oxygen atoms in total. The van der Waals surface area contributed by atoms with E-state index in [1.54, 1.807) is 0 Å². The standard InChI is InChI=1S/C108H212N2O12/c1-9-17-25-33-41-57-77-99(73-53-29-21-13-5)93-119-105(113)81-61-45-37-49-65-85-109(86-66-50-38-46-62-82-106(114)120-94-100(74-54-30-22-14-6)78-58-42-34-26-18-10-2)89-69-71-91-117-97-103(111)104(112)98-118-92-72-70-90-110(87-67-51-39-47-63-83-107(115)121-95-101(75-55-31-23-15-7)79-59-43-35-27-19-11-3)88-68-52-40-48-64-84-108(116)122-96-102(76-56-32-24-16-8)80-60-44-36-28-20-12-4/h99-104,111-112H,9-98H2,1-8H3. The van der Waals surface area contributed by atoms with Crippen molar-refractivity contribution in [3.05, 3.63) is 0 Å². The summed E-state index contributed by atoms with van der Waals surface area (Å²) in [5.74, 6) is 1.92. The highest BCUT2D eigenvalue weighted by molar-refractivity contribution is 5.70. The van der Waals surface area contributed by atoms with E-state index in [-0.39, 0.29) is 37.1 Å². The largest absolute Gasteiger partial charge is 0.465 e. The maximum atomic E-state index is 12.9. The first-order chi connectivity index (χ1) is 59.9. The highest BCUT2D eigenvalue weighted by Crippen LogP contribution is 2.26. The fourth-order valence-electron chi connectivity index (χ4n) is 17.6. The number of hydrogen-bond donors (Lipinski definition) is 2. The molecule has 0 aromatic rings. The number of ether oxygens (including phenoxy) is 6. The zero-order valence-electron chi connectivity index (χ0n) is 83.0. The van der Waals surface area contributed by atoms with Gasteiger partial charge in [0.25, 0.3) is 0 Å². The maximum Gasteiger partial charge on any atom is 0.305 e. The average Bonchev–Trinajstić information content (AvgIpc) is 0.983. The average molecular weight is 1730 g/mol. The van der Waals surface area contributed by atoms with Crippen molar-refractivity contribution in [3.8, 4) is 0 Å². The normalized spacial score (nSPS) is 13.3. The lowest BCUT2D eigenvalue weighted by atomic mass is 9.95. The van der Waals surface area contributed by atoms with Gasteiger partial charge in [-0.1, -0.05) is 389 Å². The minimum Gasteiger partial charge on any atom is -0.465 e. The van der Waals surface area contributed by atoms with E-state index in [2.05, 4.69) is 65.2 Å². The lowest BCUT2D eigenvalue weighted by molar-refractivity contribution is -0.146. The first-order valence-electron chi connectivity index (χ1n) is 54.5. The quantitative estimate of drug-likeness (QED) is 0.0335. The van der Waals surface area contributed by atoms with Gasteiger partial charge in [-0.2, -0.15) is 0 Å². The van der Waals surface area contributed by atoms with Crippen LogP contribution in [-0.2, 0) is 47.6 Å². The van der Waals surface area contributed by atoms with E-state index in [1.807, 2.05) is 0 Å². The molecule has 0 radical (unpaired) electrons. The van der Waals surface area contributed by atoms with Crippen LogP contribution in [0.2, 0.25) is 0 Å². The fourth-order valence-corrected chi connectivity index (χ4v) is 17.6. The molecule has 0 saturated carbocycles. The van der Waals surface area contributed by atoms with Gasteiger partial charge < -0.3 is 48.4 Å². The third-order valence-electron chi connectivity index (χ3n) is 26.1. The van der Waals surface area contributed by atoms with E-state index in [0.29, 0.717) is 89.0 Å². The Kier molecular flexibility index (Phi) is 95.8. The minimum absolute atomic E-state index is 0.0168. The summed E-state index contributed by atoms with van der Waals surface area (Å²) >= 11 is 0. The Morgan fingerprint density at radius 3 is 0.549 bits per heavy atom. The van der Waals surface area contributed by atoms with Gasteiger partial charge in [-0.15, -0.1) is 0 Å². The summed E-state index contributed by atoms with van der Waals surface area (Å²) < 4.78 is 35.7. The van der Waals surface area contributed by atoms with Crippen LogP contribution in [0.4, 0.5) is 0 Å². The molecule has 0 aliphatic rings. The van der Waals surface area contributed by atoms with Crippen molar-refractivity contribution in [2.45, 2.75) is 556 Å². The predicted octanol–water partition coefficient (Wildman–Crippen LogP) is 30.8. The second-order valence-corrected chi connectivity index (χ2v) is 38.3. The highest BCUT2D eigenvalue weighted by atomic mass is 16.5. The van der Waals surface area contributed by atoms with Crippen LogP contribution >= 0.6 is 0 Å². The van der Waals surface area contributed by atoms with E-state index >= 15 is 0 Å². The smallest absolute Gasteiger partial charge is 0.305 e. The summed E-state index contributed by atoms with van der Waals surface area (Å²) in [5, 5.41) is 21.9. The van der Waals surface area contributed by atoms with Crippen molar-refractivity contribution in [3.63, 3.8) is 0 Å². The van der Waals surface area contributed by atoms with Crippen molar-refractivity contribution in [1.82, 2.24) is 9.80 Å². The van der Waals surface area contributed by atoms with Crippen molar-refractivity contribution in [2.24, 2.45) is 23.7 Å². The summed E-state index contributed by atoms with van der Waals surface area (Å²) in [6.45, 7) is 28.0. The van der Waals surface area contributed by atoms with Gasteiger partial charge in [-0.05, 0) is 191 Å². The number of rotatable bonds is 103. The Morgan fingerprint density at radius 1 is 0.197 bits per heavy atom. The molecule has 0 aliphatic heterocycles. The Labute approximate surface area is 758 Å². The van der Waals surface area contributed by atoms with Crippen LogP contribution < -0.4 is 0 Å². The first-order valence-corrected chi connectivity index (χ1v) is 54.5. The van der Waals surface area contributed by atoms with Gasteiger partial charge in [-0.3, -0.25) is 19.2 Å². The van der Waals surface area contributed by atoms with Gasteiger partial charge >= 0.3 is 23.9 Å². The van der Waals surface area contributed by atoms with E-state index in [9.17, 15) is 29.4 Å². The van der Waals surface area contributed by atoms with Crippen LogP contribution in [-0.4, -0.2) is 148 Å². The second-order valence-electron chi connectivity index (χ2n) is 38.3. The van der Waals surface area contributed by atoms with Gasteiger partial charge in [0.15, 0.2) is 0 Å². The molecule has 6 atom stereocenters. The molecule has 0 rings (SSSR count). The van der Waals surface area contributed by atoms with E-state index in [1.165, 1.54) is 308 Å². The van der Waals surface area contributed by atoms with Crippen molar-refractivity contribution < 1.29 is 57.8 Å². The van der Waals surface area contributed by atoms with Gasteiger partial charge in [-0.25, -0.2) is 0 Å². The molecule has 0 heterocycles. The number of unbranched alkanes of at least 4 members (excludes halogenated alkanes) is 50. The molecule has 122 heavy (non-hydrogen) atoms. The van der Waals surface area contributed by atoms with Crippen LogP contribution in [0, 0.1) is 23.7 Å². The Morgan fingerprint density at radius 2 is 0.352 bits per heavy atom. The third kappa shape index (κ3) is 87.0. The number of aliphatic hydroxyl groups excluding tert-OH is 2. The van der Waals surface area contributed by atoms with Gasteiger partial charge in [0.1, 0.15) is 12.2 Å². The van der Waals surface area contributed by atoms with Crippen LogP contribution in [0.3, 0.4) is 0 Å². The summed E-state index contributed by atoms with van der Waals surface area (Å²) in [4.78, 5) is 57.0. The van der Waals surface area contributed by atoms with Gasteiger partial charge in [0.2, 0.25) is 0 Å². The zero-order chi connectivity index (χ0) is 88.8. The van der Waals surface area contributed by atoms with Gasteiger partial charge in [0, 0.05) is 38.9 Å². The van der Waals surface area contributed by atoms with Crippen LogP contribution in [0.5, 0.6) is 0 Å². The Balaban J connectivity index is 5.41. The number of carbonyl (C=O) groups is 4. The number of hydrogen-bond acceptors (Lipinski definition) is 14. The predicted molar refractivity (Wildman–Crippen MR) is 521 cm³/mol. The molecule has 6 unspecified atom stereocenters. The molecule has 0 aromatic carbocycles. The van der Waals surface area contributed by atoms with Crippen molar-refractivity contribution >= 4 is 23.9 Å². The van der Waals surface area contributed by atoms with Gasteiger partial charge in [0.05, 0.1) is 39.6 Å². The lowest BCUT2D eigenvalue weighted by Gasteiger charge is -2.23. The Hall–Kier alpha value is -2.36. The molecule has 0 aliphatic carbocycles. The molecule has 0 fully saturated rings. The molecule has 0 bridgehead atoms. The summed E-state index contributed by atoms with van der Waals surface area (Å²) in [6, 6.07) is 0. The number of nitrogens with zero attached hydrogens (tertiary/aromatic N) is 2. The maximum absolute atomic E-state index is 12.9. The topological polar surface area (TPSA) is 171 Å². The van der Waals surface area contributed by atoms with Crippen LogP contribution in [0.15, 0.2) is 0 Å². The summed E-state index contributed by atoms with van der Waals surface area (Å²) in [5.41, 5.74) is 0. The lowest BCUT2D eigenvalue weighted by Crippen LogP contribution is -2.34. The van der Waals surface area contributed by atoms with E-state index in [0.717, 1.165) is 193 Å². The number of aliphatic hydroxyl groups is 2. The van der Waals surface area contributed by atoms with E-state index in [4.69, 9.17) is 28.4 Å². The monoisotopic (exact) mass is 1730 g/mol. The fraction of sp³-hybridized carbons (Fsp3) is 0.963. The van der Waals surface area contributed by atoms with Crippen LogP contribution in [0.25, 0.3) is 0 Å². The van der Waals surface area contributed by atoms with E-state index < -0.39 is 12.2 Å².